The van der Waals surface area contributed by atoms with Crippen molar-refractivity contribution in [2.75, 3.05) is 14.1 Å². The molecule has 0 saturated heterocycles. The second kappa shape index (κ2) is 19.4. The molecule has 0 saturated carbocycles. The predicted molar refractivity (Wildman–Crippen MR) is 238 cm³/mol. The minimum absolute atomic E-state index is 0. The normalized spacial score (nSPS) is 11.7. The fourth-order valence-corrected chi connectivity index (χ4v) is 11.6. The number of ether oxygens (including phenoxy) is 1. The summed E-state index contributed by atoms with van der Waals surface area (Å²) in [5.41, 5.74) is 0.895. The first kappa shape index (κ1) is 47.4. The van der Waals surface area contributed by atoms with Crippen molar-refractivity contribution in [1.82, 2.24) is 38.4 Å². The van der Waals surface area contributed by atoms with Crippen LogP contribution in [0.25, 0.3) is 43.8 Å². The van der Waals surface area contributed by atoms with E-state index >= 15 is 0 Å². The second-order valence-electron chi connectivity index (χ2n) is 14.6. The van der Waals surface area contributed by atoms with Gasteiger partial charge in [-0.1, -0.05) is 10.3 Å². The number of rotatable bonds is 12. The van der Waals surface area contributed by atoms with E-state index in [9.17, 15) is 30.4 Å². The highest BCUT2D eigenvalue weighted by Crippen LogP contribution is 2.36. The molecule has 1 N–H and O–H groups in total. The second-order valence-corrected chi connectivity index (χ2v) is 20.9. The van der Waals surface area contributed by atoms with Crippen molar-refractivity contribution in [1.29, 1.82) is 0 Å². The molecule has 8 aromatic heterocycles. The van der Waals surface area contributed by atoms with Gasteiger partial charge in [0.1, 0.15) is 14.0 Å². The fraction of sp³-hybridized carbons (Fsp3) is 0.195. The Morgan fingerprint density at radius 3 is 1.64 bits per heavy atom. The zero-order valence-corrected chi connectivity index (χ0v) is 38.6. The van der Waals surface area contributed by atoms with Crippen molar-refractivity contribution in [2.24, 2.45) is 0 Å². The maximum absolute atomic E-state index is 14.6. The third-order valence-electron chi connectivity index (χ3n) is 8.81. The molecule has 1 amide bonds. The quantitative estimate of drug-likeness (QED) is 0.114. The van der Waals surface area contributed by atoms with E-state index in [4.69, 9.17) is 13.8 Å². The lowest BCUT2D eigenvalue weighted by molar-refractivity contribution is 0.0285. The summed E-state index contributed by atoms with van der Waals surface area (Å²) in [6.45, 7) is 5.72. The molecule has 336 valence electrons. The first-order valence-corrected chi connectivity index (χ1v) is 23.2. The van der Waals surface area contributed by atoms with Gasteiger partial charge in [-0.2, -0.15) is 25.6 Å². The van der Waals surface area contributed by atoms with E-state index in [-0.39, 0.29) is 49.9 Å². The number of pyridine rings is 2. The zero-order valence-electron chi connectivity index (χ0n) is 34.5. The summed E-state index contributed by atoms with van der Waals surface area (Å²) in [7, 11) is -4.79. The molecule has 0 aliphatic rings. The van der Waals surface area contributed by atoms with E-state index in [1.54, 1.807) is 64.2 Å². The van der Waals surface area contributed by atoms with Crippen LogP contribution in [0.5, 0.6) is 0 Å². The van der Waals surface area contributed by atoms with Gasteiger partial charge in [-0.05, 0) is 99.6 Å². The van der Waals surface area contributed by atoms with Crippen LogP contribution in [0.1, 0.15) is 31.9 Å². The van der Waals surface area contributed by atoms with Crippen molar-refractivity contribution in [3.63, 3.8) is 0 Å². The third-order valence-corrected chi connectivity index (χ3v) is 15.3. The van der Waals surface area contributed by atoms with Crippen LogP contribution in [-0.2, 0) is 37.9 Å². The number of nitrogens with one attached hydrogen (secondary N) is 1. The molecule has 64 heavy (non-hydrogen) atoms. The molecule has 23 heteroatoms. The van der Waals surface area contributed by atoms with Crippen LogP contribution in [0.2, 0.25) is 0 Å². The summed E-state index contributed by atoms with van der Waals surface area (Å²) < 4.78 is 101. The molecular formula is C41H39ClF2N8O8S4. The minimum atomic E-state index is -4.12. The first-order valence-electron chi connectivity index (χ1n) is 18.7. The molecule has 8 aromatic rings. The largest absolute Gasteiger partial charge is 0.444 e. The number of aromatic nitrogens is 6. The van der Waals surface area contributed by atoms with Crippen molar-refractivity contribution in [2.45, 2.75) is 47.9 Å². The fourth-order valence-electron chi connectivity index (χ4n) is 6.07. The summed E-state index contributed by atoms with van der Waals surface area (Å²) >= 11 is 2.05. The Kier molecular flexibility index (Phi) is 14.4. The Balaban J connectivity index is 0.000000214. The summed E-state index contributed by atoms with van der Waals surface area (Å²) in [5.74, 6) is -0.639. The zero-order chi connectivity index (χ0) is 45.1. The Labute approximate surface area is 380 Å². The van der Waals surface area contributed by atoms with Crippen molar-refractivity contribution < 1.29 is 44.2 Å². The maximum Gasteiger partial charge on any atom is 0.410 e. The van der Waals surface area contributed by atoms with Crippen LogP contribution >= 0.6 is 35.1 Å². The van der Waals surface area contributed by atoms with Crippen molar-refractivity contribution in [3.8, 4) is 43.8 Å². The van der Waals surface area contributed by atoms with Gasteiger partial charge in [-0.25, -0.2) is 22.7 Å². The van der Waals surface area contributed by atoms with Crippen LogP contribution in [0.4, 0.5) is 13.6 Å². The Bertz CT molecular complexity index is 3090. The molecule has 0 spiro atoms. The average Bonchev–Trinajstić information content (AvgIpc) is 4.09. The van der Waals surface area contributed by atoms with E-state index in [1.807, 2.05) is 0 Å². The molecule has 0 radical (unpaired) electrons. The predicted octanol–water partition coefficient (Wildman–Crippen LogP) is 8.79. The van der Waals surface area contributed by atoms with Gasteiger partial charge in [0.2, 0.25) is 11.9 Å². The van der Waals surface area contributed by atoms with Gasteiger partial charge in [-0.15, -0.1) is 35.1 Å². The Morgan fingerprint density at radius 1 is 0.750 bits per heavy atom. The number of amides is 1. The number of carbonyl (C=O) groups excluding carboxylic acids is 1. The summed E-state index contributed by atoms with van der Waals surface area (Å²) in [4.78, 5) is 22.2. The van der Waals surface area contributed by atoms with E-state index in [2.05, 4.69) is 25.6 Å². The van der Waals surface area contributed by atoms with Crippen LogP contribution in [0.3, 0.4) is 0 Å². The molecule has 0 atom stereocenters. The molecule has 0 unspecified atom stereocenters. The minimum Gasteiger partial charge on any atom is -0.444 e. The van der Waals surface area contributed by atoms with E-state index in [0.29, 0.717) is 38.9 Å². The van der Waals surface area contributed by atoms with Gasteiger partial charge >= 0.3 is 6.09 Å². The van der Waals surface area contributed by atoms with Crippen LogP contribution in [0, 0.1) is 11.9 Å². The monoisotopic (exact) mass is 972 g/mol. The lowest BCUT2D eigenvalue weighted by Crippen LogP contribution is -2.33. The number of hydrogen-bond acceptors (Lipinski definition) is 15. The maximum atomic E-state index is 14.6. The van der Waals surface area contributed by atoms with Crippen LogP contribution in [0.15, 0.2) is 127 Å². The van der Waals surface area contributed by atoms with Crippen LogP contribution < -0.4 is 5.32 Å². The molecule has 0 bridgehead atoms. The van der Waals surface area contributed by atoms with Gasteiger partial charge in [0, 0.05) is 50.5 Å². The summed E-state index contributed by atoms with van der Waals surface area (Å²) in [6.07, 6.45) is 7.83. The highest BCUT2D eigenvalue weighted by molar-refractivity contribution is 7.92. The highest BCUT2D eigenvalue weighted by Gasteiger charge is 2.28. The lowest BCUT2D eigenvalue weighted by atomic mass is 10.2. The number of halogens is 3. The molecule has 8 rings (SSSR count). The molecule has 0 aliphatic carbocycles. The molecule has 8 heterocycles. The van der Waals surface area contributed by atoms with Gasteiger partial charge in [0.05, 0.1) is 51.2 Å². The summed E-state index contributed by atoms with van der Waals surface area (Å²) in [5, 5.41) is 10.3. The van der Waals surface area contributed by atoms with Crippen molar-refractivity contribution in [3.05, 3.63) is 133 Å². The Hall–Kier alpha value is -6.04. The van der Waals surface area contributed by atoms with Gasteiger partial charge < -0.3 is 24.0 Å². The van der Waals surface area contributed by atoms with Crippen molar-refractivity contribution >= 4 is 61.2 Å². The highest BCUT2D eigenvalue weighted by atomic mass is 35.5. The molecule has 0 aromatic carbocycles. The molecule has 0 aliphatic heterocycles. The number of nitrogens with zero attached hydrogens (tertiary/aromatic N) is 7. The number of carbonyl (C=O) groups is 1. The lowest BCUT2D eigenvalue weighted by Gasteiger charge is -2.24. The average molecular weight is 974 g/mol. The van der Waals surface area contributed by atoms with Crippen LogP contribution in [-0.4, -0.2) is 75.8 Å². The van der Waals surface area contributed by atoms with E-state index in [1.165, 1.54) is 85.5 Å². The molecule has 16 nitrogen and oxygen atoms in total. The SMILES string of the molecule is CN(Cc1cc(-c2cccnc2F)n(S(=O)(=O)c2ccc(-c3ccno3)s2)c1)C(=O)OC(C)(C)C.CNCc1cc(-c2cccnc2F)n(S(=O)(=O)c2ccc(-c3ccno3)s2)c1.Cl. The van der Waals surface area contributed by atoms with Gasteiger partial charge in [-0.3, -0.25) is 0 Å². The summed E-state index contributed by atoms with van der Waals surface area (Å²) in [6, 6.07) is 18.7. The van der Waals surface area contributed by atoms with E-state index in [0.717, 1.165) is 30.6 Å². The standard InChI is InChI=1S/C23H23FN4O5S2.C18H15FN4O3S2.ClH/c1-23(2,3)32-22(29)27(4)13-15-12-17(16-6-5-10-25-21(16)24)28(14-15)35(30,31)20-8-7-19(34-20)18-9-11-26-33-18;1-20-10-12-9-14(13-3-2-7-21-18(13)19)23(11-12)28(24,25)17-5-4-16(27-17)15-6-8-22-26-15;/h5-12,14H,13H2,1-4H3;2-9,11,20H,10H2,1H3;1H. The molecular weight excluding hydrogens is 934 g/mol. The topological polar surface area (TPSA) is 198 Å². The Morgan fingerprint density at radius 2 is 1.22 bits per heavy atom. The first-order chi connectivity index (χ1) is 30.0. The van der Waals surface area contributed by atoms with E-state index < -0.39 is 43.6 Å². The smallest absolute Gasteiger partial charge is 0.410 e. The molecule has 0 fully saturated rings. The van der Waals surface area contributed by atoms with Gasteiger partial charge in [0.15, 0.2) is 11.5 Å². The number of thiophene rings is 2. The third kappa shape index (κ3) is 10.3. The van der Waals surface area contributed by atoms with Gasteiger partial charge in [0.25, 0.3) is 20.0 Å². The number of hydrogen-bond donors (Lipinski definition) is 1.